The van der Waals surface area contributed by atoms with Crippen LogP contribution in [0.3, 0.4) is 0 Å². The maximum atomic E-state index is 13.2. The summed E-state index contributed by atoms with van der Waals surface area (Å²) in [5.74, 6) is 0.384. The second-order valence-electron chi connectivity index (χ2n) is 4.45. The molecule has 0 saturated carbocycles. The van der Waals surface area contributed by atoms with E-state index in [0.29, 0.717) is 12.2 Å². The molecular weight excluding hydrogens is 231 g/mol. The fourth-order valence-electron chi connectivity index (χ4n) is 2.31. The fourth-order valence-corrected chi connectivity index (χ4v) is 2.31. The predicted molar refractivity (Wildman–Crippen MR) is 65.8 cm³/mol. The first-order valence-corrected chi connectivity index (χ1v) is 5.93. The van der Waals surface area contributed by atoms with Crippen molar-refractivity contribution in [1.29, 1.82) is 0 Å². The van der Waals surface area contributed by atoms with Crippen molar-refractivity contribution in [3.05, 3.63) is 65.5 Å². The maximum absolute atomic E-state index is 13.2. The third-order valence-electron chi connectivity index (χ3n) is 3.21. The highest BCUT2D eigenvalue weighted by Crippen LogP contribution is 2.40. The molecule has 0 aromatic heterocycles. The Bertz CT molecular complexity index is 568. The molecule has 2 aromatic carbocycles. The van der Waals surface area contributed by atoms with Gasteiger partial charge in [0.05, 0.1) is 6.10 Å². The number of hydrogen-bond acceptors (Lipinski definition) is 2. The van der Waals surface area contributed by atoms with Crippen molar-refractivity contribution in [2.24, 2.45) is 0 Å². The molecule has 0 aliphatic carbocycles. The number of hydrogen-bond donors (Lipinski definition) is 1. The third-order valence-corrected chi connectivity index (χ3v) is 3.21. The van der Waals surface area contributed by atoms with Gasteiger partial charge in [0.1, 0.15) is 17.7 Å². The molecule has 0 spiro atoms. The van der Waals surface area contributed by atoms with Crippen LogP contribution in [-0.2, 0) is 0 Å². The van der Waals surface area contributed by atoms with Crippen molar-refractivity contribution in [1.82, 2.24) is 0 Å². The van der Waals surface area contributed by atoms with Crippen LogP contribution < -0.4 is 4.74 Å². The third kappa shape index (κ3) is 1.97. The summed E-state index contributed by atoms with van der Waals surface area (Å²) in [6.07, 6.45) is -0.422. The predicted octanol–water partition coefficient (Wildman–Crippen LogP) is 3.38. The first kappa shape index (κ1) is 11.2. The average Bonchev–Trinajstić information content (AvgIpc) is 2.39. The number of aliphatic hydroxyl groups is 1. The molecule has 1 aliphatic heterocycles. The van der Waals surface area contributed by atoms with Gasteiger partial charge in [0.15, 0.2) is 0 Å². The molecule has 1 N–H and O–H groups in total. The molecule has 0 bridgehead atoms. The summed E-state index contributed by atoms with van der Waals surface area (Å²) in [5.41, 5.74) is 1.55. The van der Waals surface area contributed by atoms with Crippen LogP contribution in [0.5, 0.6) is 5.75 Å². The van der Waals surface area contributed by atoms with Crippen molar-refractivity contribution in [3.63, 3.8) is 0 Å². The SMILES string of the molecule is OC1CC(c2cccc(F)c2)Oc2ccccc21. The van der Waals surface area contributed by atoms with E-state index in [-0.39, 0.29) is 11.9 Å². The lowest BCUT2D eigenvalue weighted by atomic mass is 9.95. The van der Waals surface area contributed by atoms with E-state index in [0.717, 1.165) is 11.1 Å². The van der Waals surface area contributed by atoms with E-state index >= 15 is 0 Å². The summed E-state index contributed by atoms with van der Waals surface area (Å²) in [7, 11) is 0. The summed E-state index contributed by atoms with van der Waals surface area (Å²) < 4.78 is 19.0. The zero-order valence-corrected chi connectivity index (χ0v) is 9.71. The Morgan fingerprint density at radius 2 is 1.94 bits per heavy atom. The van der Waals surface area contributed by atoms with Gasteiger partial charge >= 0.3 is 0 Å². The molecule has 2 aromatic rings. The molecule has 2 nitrogen and oxygen atoms in total. The van der Waals surface area contributed by atoms with Crippen LogP contribution in [0.2, 0.25) is 0 Å². The minimum atomic E-state index is -0.566. The van der Waals surface area contributed by atoms with Crippen molar-refractivity contribution in [3.8, 4) is 5.75 Å². The summed E-state index contributed by atoms with van der Waals surface area (Å²) in [5, 5.41) is 10.1. The Kier molecular flexibility index (Phi) is 2.76. The molecule has 18 heavy (non-hydrogen) atoms. The molecule has 0 fully saturated rings. The van der Waals surface area contributed by atoms with Gasteiger partial charge in [-0.3, -0.25) is 0 Å². The number of benzene rings is 2. The first-order valence-electron chi connectivity index (χ1n) is 5.93. The number of fused-ring (bicyclic) bond motifs is 1. The topological polar surface area (TPSA) is 29.5 Å². The highest BCUT2D eigenvalue weighted by Gasteiger charge is 2.27. The molecule has 0 radical (unpaired) electrons. The molecule has 1 heterocycles. The van der Waals surface area contributed by atoms with Crippen molar-refractivity contribution in [2.75, 3.05) is 0 Å². The van der Waals surface area contributed by atoms with Gasteiger partial charge in [-0.05, 0) is 23.8 Å². The summed E-state index contributed by atoms with van der Waals surface area (Å²) in [6, 6.07) is 13.7. The van der Waals surface area contributed by atoms with Gasteiger partial charge < -0.3 is 9.84 Å². The maximum Gasteiger partial charge on any atom is 0.127 e. The Hall–Kier alpha value is -1.87. The normalized spacial score (nSPS) is 22.1. The molecule has 0 saturated heterocycles. The highest BCUT2D eigenvalue weighted by atomic mass is 19.1. The van der Waals surface area contributed by atoms with Crippen LogP contribution in [0, 0.1) is 5.82 Å². The van der Waals surface area contributed by atoms with Crippen molar-refractivity contribution < 1.29 is 14.2 Å². The Morgan fingerprint density at radius 1 is 1.11 bits per heavy atom. The lowest BCUT2D eigenvalue weighted by Gasteiger charge is -2.29. The lowest BCUT2D eigenvalue weighted by molar-refractivity contribution is 0.0656. The number of halogens is 1. The van der Waals surface area contributed by atoms with Crippen LogP contribution in [0.1, 0.15) is 29.8 Å². The first-order chi connectivity index (χ1) is 8.74. The Morgan fingerprint density at radius 3 is 2.78 bits per heavy atom. The molecule has 1 aliphatic rings. The van der Waals surface area contributed by atoms with Gasteiger partial charge in [-0.2, -0.15) is 0 Å². The van der Waals surface area contributed by atoms with Crippen molar-refractivity contribution in [2.45, 2.75) is 18.6 Å². The Balaban J connectivity index is 1.94. The molecule has 0 amide bonds. The lowest BCUT2D eigenvalue weighted by Crippen LogP contribution is -2.19. The van der Waals surface area contributed by atoms with E-state index in [2.05, 4.69) is 0 Å². The van der Waals surface area contributed by atoms with Crippen LogP contribution in [-0.4, -0.2) is 5.11 Å². The number of para-hydroxylation sites is 1. The van der Waals surface area contributed by atoms with E-state index in [1.54, 1.807) is 6.07 Å². The van der Waals surface area contributed by atoms with Crippen LogP contribution in [0.15, 0.2) is 48.5 Å². The second-order valence-corrected chi connectivity index (χ2v) is 4.45. The zero-order chi connectivity index (χ0) is 12.5. The zero-order valence-electron chi connectivity index (χ0n) is 9.71. The van der Waals surface area contributed by atoms with E-state index in [1.807, 2.05) is 30.3 Å². The van der Waals surface area contributed by atoms with Gasteiger partial charge in [-0.15, -0.1) is 0 Å². The minimum absolute atomic E-state index is 0.288. The molecule has 3 heteroatoms. The second kappa shape index (κ2) is 4.42. The average molecular weight is 244 g/mol. The van der Waals surface area contributed by atoms with Crippen molar-refractivity contribution >= 4 is 0 Å². The molecular formula is C15H13FO2. The largest absolute Gasteiger partial charge is 0.485 e. The van der Waals surface area contributed by atoms with E-state index < -0.39 is 6.10 Å². The molecule has 3 rings (SSSR count). The number of aliphatic hydroxyl groups excluding tert-OH is 1. The summed E-state index contributed by atoms with van der Waals surface area (Å²) in [4.78, 5) is 0. The monoisotopic (exact) mass is 244 g/mol. The summed E-state index contributed by atoms with van der Waals surface area (Å²) in [6.45, 7) is 0. The van der Waals surface area contributed by atoms with E-state index in [9.17, 15) is 9.50 Å². The Labute approximate surface area is 105 Å². The molecule has 92 valence electrons. The van der Waals surface area contributed by atoms with E-state index in [4.69, 9.17) is 4.74 Å². The van der Waals surface area contributed by atoms with Gasteiger partial charge in [0, 0.05) is 12.0 Å². The van der Waals surface area contributed by atoms with Gasteiger partial charge in [-0.25, -0.2) is 4.39 Å². The molecule has 2 atom stereocenters. The van der Waals surface area contributed by atoms with Crippen LogP contribution in [0.25, 0.3) is 0 Å². The van der Waals surface area contributed by atoms with Gasteiger partial charge in [0.2, 0.25) is 0 Å². The summed E-state index contributed by atoms with van der Waals surface area (Å²) >= 11 is 0. The van der Waals surface area contributed by atoms with Gasteiger partial charge in [-0.1, -0.05) is 30.3 Å². The highest BCUT2D eigenvalue weighted by molar-refractivity contribution is 5.38. The van der Waals surface area contributed by atoms with Crippen LogP contribution >= 0.6 is 0 Å². The number of rotatable bonds is 1. The quantitative estimate of drug-likeness (QED) is 0.833. The van der Waals surface area contributed by atoms with E-state index in [1.165, 1.54) is 12.1 Å². The smallest absolute Gasteiger partial charge is 0.127 e. The number of ether oxygens (including phenoxy) is 1. The molecule has 2 unspecified atom stereocenters. The minimum Gasteiger partial charge on any atom is -0.485 e. The van der Waals surface area contributed by atoms with Crippen LogP contribution in [0.4, 0.5) is 4.39 Å². The van der Waals surface area contributed by atoms with Gasteiger partial charge in [0.25, 0.3) is 0 Å². The standard InChI is InChI=1S/C15H13FO2/c16-11-5-3-4-10(8-11)15-9-13(17)12-6-1-2-7-14(12)18-15/h1-8,13,15,17H,9H2. The fraction of sp³-hybridized carbons (Fsp3) is 0.200.